The number of benzene rings is 1. The number of rotatable bonds is 2. The zero-order valence-corrected chi connectivity index (χ0v) is 13.3. The summed E-state index contributed by atoms with van der Waals surface area (Å²) >= 11 is 6.03. The van der Waals surface area contributed by atoms with Crippen molar-refractivity contribution in [2.24, 2.45) is 0 Å². The smallest absolute Gasteiger partial charge is 0.244 e. The van der Waals surface area contributed by atoms with Gasteiger partial charge in [-0.05, 0) is 31.4 Å². The molecule has 112 valence electrons. The highest BCUT2D eigenvalue weighted by molar-refractivity contribution is 7.89. The predicted molar refractivity (Wildman–Crippen MR) is 82.0 cm³/mol. The Morgan fingerprint density at radius 1 is 1.15 bits per heavy atom. The van der Waals surface area contributed by atoms with Crippen LogP contribution in [-0.4, -0.2) is 37.9 Å². The molecule has 3 rings (SSSR count). The zero-order chi connectivity index (χ0) is 13.5. The molecule has 2 atom stereocenters. The van der Waals surface area contributed by atoms with Gasteiger partial charge in [-0.2, -0.15) is 4.31 Å². The lowest BCUT2D eigenvalue weighted by atomic mass is 10.1. The van der Waals surface area contributed by atoms with Crippen LogP contribution in [0.3, 0.4) is 0 Å². The van der Waals surface area contributed by atoms with Crippen LogP contribution in [0.5, 0.6) is 0 Å². The molecule has 2 saturated heterocycles. The molecule has 0 saturated carbocycles. The Kier molecular flexibility index (Phi) is 4.97. The van der Waals surface area contributed by atoms with E-state index < -0.39 is 10.0 Å². The zero-order valence-electron chi connectivity index (χ0n) is 11.0. The summed E-state index contributed by atoms with van der Waals surface area (Å²) < 4.78 is 26.9. The molecule has 0 amide bonds. The van der Waals surface area contributed by atoms with E-state index in [1.165, 1.54) is 0 Å². The maximum absolute atomic E-state index is 12.7. The maximum Gasteiger partial charge on any atom is 0.244 e. The van der Waals surface area contributed by atoms with Crippen LogP contribution in [0.1, 0.15) is 19.3 Å². The molecule has 2 unspecified atom stereocenters. The Labute approximate surface area is 131 Å². The minimum absolute atomic E-state index is 0. The van der Waals surface area contributed by atoms with Gasteiger partial charge in [0.05, 0.1) is 5.02 Å². The average molecular weight is 337 g/mol. The molecule has 2 aliphatic rings. The number of hydrogen-bond donors (Lipinski definition) is 1. The molecule has 0 aliphatic carbocycles. The van der Waals surface area contributed by atoms with Gasteiger partial charge in [0, 0.05) is 25.2 Å². The van der Waals surface area contributed by atoms with Crippen molar-refractivity contribution in [3.8, 4) is 0 Å². The predicted octanol–water partition coefficient (Wildman–Crippen LogP) is 2.28. The van der Waals surface area contributed by atoms with Crippen molar-refractivity contribution in [1.29, 1.82) is 0 Å². The van der Waals surface area contributed by atoms with Gasteiger partial charge in [0.25, 0.3) is 0 Å². The summed E-state index contributed by atoms with van der Waals surface area (Å²) in [5.41, 5.74) is 0. The van der Waals surface area contributed by atoms with Gasteiger partial charge in [0.2, 0.25) is 10.0 Å². The monoisotopic (exact) mass is 336 g/mol. The fraction of sp³-hybridized carbons (Fsp3) is 0.538. The van der Waals surface area contributed by atoms with Crippen LogP contribution in [0.4, 0.5) is 0 Å². The van der Waals surface area contributed by atoms with Gasteiger partial charge in [-0.25, -0.2) is 8.42 Å². The maximum atomic E-state index is 12.7. The second-order valence-electron chi connectivity index (χ2n) is 5.22. The van der Waals surface area contributed by atoms with Crippen LogP contribution in [0.2, 0.25) is 5.02 Å². The molecule has 1 N–H and O–H groups in total. The van der Waals surface area contributed by atoms with Crippen molar-refractivity contribution < 1.29 is 8.42 Å². The number of fused-ring (bicyclic) bond motifs is 2. The number of halogens is 2. The summed E-state index contributed by atoms with van der Waals surface area (Å²) in [5.74, 6) is 0. The quantitative estimate of drug-likeness (QED) is 0.901. The Hall–Kier alpha value is -0.330. The first-order valence-corrected chi connectivity index (χ1v) is 8.40. The van der Waals surface area contributed by atoms with Gasteiger partial charge in [-0.1, -0.05) is 23.7 Å². The number of nitrogens with zero attached hydrogens (tertiary/aromatic N) is 1. The number of sulfonamides is 1. The van der Waals surface area contributed by atoms with Crippen molar-refractivity contribution in [3.63, 3.8) is 0 Å². The van der Waals surface area contributed by atoms with Crippen molar-refractivity contribution in [3.05, 3.63) is 29.3 Å². The van der Waals surface area contributed by atoms with E-state index in [0.29, 0.717) is 24.2 Å². The van der Waals surface area contributed by atoms with Crippen LogP contribution in [0, 0.1) is 0 Å². The standard InChI is InChI=1S/C13H17ClN2O2S.ClH/c14-12-3-1-2-4-13(12)19(17,18)16-8-7-10-5-6-11(9-16)15-10;/h1-4,10-11,15H,5-9H2;1H. The van der Waals surface area contributed by atoms with E-state index in [-0.39, 0.29) is 23.3 Å². The van der Waals surface area contributed by atoms with Crippen LogP contribution in [0.25, 0.3) is 0 Å². The van der Waals surface area contributed by atoms with E-state index in [4.69, 9.17) is 11.6 Å². The molecule has 20 heavy (non-hydrogen) atoms. The van der Waals surface area contributed by atoms with E-state index in [0.717, 1.165) is 19.3 Å². The third-order valence-corrected chi connectivity index (χ3v) is 6.31. The lowest BCUT2D eigenvalue weighted by Crippen LogP contribution is -2.39. The van der Waals surface area contributed by atoms with Crippen molar-refractivity contribution in [1.82, 2.24) is 9.62 Å². The first-order chi connectivity index (χ1) is 9.07. The van der Waals surface area contributed by atoms with Gasteiger partial charge in [-0.15, -0.1) is 12.4 Å². The van der Waals surface area contributed by atoms with E-state index >= 15 is 0 Å². The van der Waals surface area contributed by atoms with Gasteiger partial charge >= 0.3 is 0 Å². The molecule has 4 nitrogen and oxygen atoms in total. The van der Waals surface area contributed by atoms with E-state index in [2.05, 4.69) is 5.32 Å². The van der Waals surface area contributed by atoms with E-state index in [9.17, 15) is 8.42 Å². The van der Waals surface area contributed by atoms with Gasteiger partial charge < -0.3 is 5.32 Å². The highest BCUT2D eigenvalue weighted by Gasteiger charge is 2.35. The average Bonchev–Trinajstić information content (AvgIpc) is 2.68. The highest BCUT2D eigenvalue weighted by Crippen LogP contribution is 2.28. The number of hydrogen-bond acceptors (Lipinski definition) is 3. The highest BCUT2D eigenvalue weighted by atomic mass is 35.5. The molecule has 0 radical (unpaired) electrons. The minimum atomic E-state index is -3.48. The Morgan fingerprint density at radius 2 is 1.85 bits per heavy atom. The van der Waals surface area contributed by atoms with Gasteiger partial charge in [0.1, 0.15) is 4.90 Å². The lowest BCUT2D eigenvalue weighted by molar-refractivity contribution is 0.383. The molecule has 2 aliphatic heterocycles. The van der Waals surface area contributed by atoms with Crippen molar-refractivity contribution in [2.45, 2.75) is 36.2 Å². The first kappa shape index (κ1) is 16.0. The minimum Gasteiger partial charge on any atom is -0.310 e. The molecular weight excluding hydrogens is 319 g/mol. The normalized spacial score (nSPS) is 26.9. The second-order valence-corrected chi connectivity index (χ2v) is 7.53. The molecule has 7 heteroatoms. The molecule has 2 fully saturated rings. The van der Waals surface area contributed by atoms with E-state index in [1.807, 2.05) is 0 Å². The van der Waals surface area contributed by atoms with Crippen LogP contribution >= 0.6 is 24.0 Å². The Balaban J connectivity index is 0.00000147. The summed E-state index contributed by atoms with van der Waals surface area (Å²) in [6.45, 7) is 1.12. The molecule has 0 spiro atoms. The summed E-state index contributed by atoms with van der Waals surface area (Å²) in [4.78, 5) is 0.217. The van der Waals surface area contributed by atoms with Crippen molar-refractivity contribution >= 4 is 34.0 Å². The van der Waals surface area contributed by atoms with Gasteiger partial charge in [-0.3, -0.25) is 0 Å². The molecule has 2 heterocycles. The Bertz CT molecular complexity index is 579. The van der Waals surface area contributed by atoms with Gasteiger partial charge in [0.15, 0.2) is 0 Å². The van der Waals surface area contributed by atoms with Crippen LogP contribution in [0.15, 0.2) is 29.2 Å². The molecule has 0 aromatic heterocycles. The van der Waals surface area contributed by atoms with E-state index in [1.54, 1.807) is 28.6 Å². The summed E-state index contributed by atoms with van der Waals surface area (Å²) in [5, 5.41) is 3.78. The van der Waals surface area contributed by atoms with Crippen LogP contribution < -0.4 is 5.32 Å². The molecule has 1 aromatic rings. The molecular formula is C13H18Cl2N2O2S. The number of nitrogens with one attached hydrogen (secondary N) is 1. The fourth-order valence-electron chi connectivity index (χ4n) is 2.92. The largest absolute Gasteiger partial charge is 0.310 e. The second kappa shape index (κ2) is 6.20. The van der Waals surface area contributed by atoms with Crippen LogP contribution in [-0.2, 0) is 10.0 Å². The summed E-state index contributed by atoms with van der Waals surface area (Å²) in [6, 6.07) is 7.40. The lowest BCUT2D eigenvalue weighted by Gasteiger charge is -2.24. The molecule has 1 aromatic carbocycles. The molecule has 2 bridgehead atoms. The third-order valence-electron chi connectivity index (χ3n) is 3.94. The first-order valence-electron chi connectivity index (χ1n) is 6.58. The topological polar surface area (TPSA) is 49.4 Å². The summed E-state index contributed by atoms with van der Waals surface area (Å²) in [7, 11) is -3.48. The van der Waals surface area contributed by atoms with Crippen molar-refractivity contribution in [2.75, 3.05) is 13.1 Å². The fourth-order valence-corrected chi connectivity index (χ4v) is 4.92. The SMILES string of the molecule is Cl.O=S(=O)(c1ccccc1Cl)N1CCC2CCC(C1)N2. The third kappa shape index (κ3) is 2.97. The summed E-state index contributed by atoms with van der Waals surface area (Å²) in [6.07, 6.45) is 3.09. The Morgan fingerprint density at radius 3 is 2.60 bits per heavy atom.